The summed E-state index contributed by atoms with van der Waals surface area (Å²) in [6.45, 7) is 4.94. The van der Waals surface area contributed by atoms with Crippen molar-refractivity contribution in [3.05, 3.63) is 29.8 Å². The Balaban J connectivity index is 3.35. The van der Waals surface area contributed by atoms with Gasteiger partial charge >= 0.3 is 5.51 Å². The third-order valence-corrected chi connectivity index (χ3v) is 6.28. The molecule has 1 aromatic carbocycles. The molecule has 0 aliphatic heterocycles. The molecule has 120 valence electrons. The zero-order valence-electron chi connectivity index (χ0n) is 11.9. The lowest BCUT2D eigenvalue weighted by atomic mass is 10.2. The average molecular weight is 342 g/mol. The molecule has 0 radical (unpaired) electrons. The minimum Gasteiger partial charge on any atom is -0.234 e. The second-order valence-corrected chi connectivity index (χ2v) is 7.71. The van der Waals surface area contributed by atoms with E-state index in [4.69, 9.17) is 0 Å². The average Bonchev–Trinajstić information content (AvgIpc) is 2.38. The highest BCUT2D eigenvalue weighted by molar-refractivity contribution is 7.99. The molecule has 1 atom stereocenters. The van der Waals surface area contributed by atoms with Gasteiger partial charge in [-0.05, 0) is 19.1 Å². The SMILES string of the molecule is CCN(CC)S(=NS(=O)(=O)c1ccc(C)cc1)C(F)(F)F. The highest BCUT2D eigenvalue weighted by Crippen LogP contribution is 2.27. The van der Waals surface area contributed by atoms with Crippen molar-refractivity contribution in [3.63, 3.8) is 0 Å². The number of aryl methyl sites for hydroxylation is 1. The van der Waals surface area contributed by atoms with E-state index in [2.05, 4.69) is 3.77 Å². The Hall–Kier alpha value is -0.930. The maximum absolute atomic E-state index is 13.1. The Morgan fingerprint density at radius 2 is 1.62 bits per heavy atom. The van der Waals surface area contributed by atoms with Crippen LogP contribution in [0.15, 0.2) is 32.9 Å². The molecule has 4 nitrogen and oxygen atoms in total. The van der Waals surface area contributed by atoms with Gasteiger partial charge < -0.3 is 0 Å². The van der Waals surface area contributed by atoms with Gasteiger partial charge in [0.05, 0.1) is 15.8 Å². The summed E-state index contributed by atoms with van der Waals surface area (Å²) in [5.74, 6) is 0. The first-order chi connectivity index (χ1) is 9.61. The number of halogens is 3. The predicted octanol–water partition coefficient (Wildman–Crippen LogP) is 3.26. The van der Waals surface area contributed by atoms with Crippen LogP contribution in [0.5, 0.6) is 0 Å². The van der Waals surface area contributed by atoms with Crippen molar-refractivity contribution >= 4 is 20.9 Å². The highest BCUT2D eigenvalue weighted by Gasteiger charge is 2.39. The van der Waals surface area contributed by atoms with Gasteiger partial charge in [0, 0.05) is 13.1 Å². The van der Waals surface area contributed by atoms with Crippen molar-refractivity contribution in [1.29, 1.82) is 0 Å². The number of hydrogen-bond donors (Lipinski definition) is 0. The third kappa shape index (κ3) is 4.79. The lowest BCUT2D eigenvalue weighted by Gasteiger charge is -2.23. The van der Waals surface area contributed by atoms with Gasteiger partial charge in [-0.15, -0.1) is 3.77 Å². The molecule has 21 heavy (non-hydrogen) atoms. The molecular formula is C12H17F3N2O2S2. The molecule has 0 aliphatic carbocycles. The van der Waals surface area contributed by atoms with Crippen LogP contribution in [0.25, 0.3) is 0 Å². The van der Waals surface area contributed by atoms with Crippen LogP contribution in [-0.4, -0.2) is 31.3 Å². The van der Waals surface area contributed by atoms with Crippen LogP contribution in [0.4, 0.5) is 13.2 Å². The van der Waals surface area contributed by atoms with E-state index >= 15 is 0 Å². The largest absolute Gasteiger partial charge is 0.467 e. The lowest BCUT2D eigenvalue weighted by Crippen LogP contribution is -2.35. The minimum atomic E-state index is -4.72. The molecule has 0 bridgehead atoms. The molecule has 0 amide bonds. The van der Waals surface area contributed by atoms with Crippen molar-refractivity contribution in [2.45, 2.75) is 31.2 Å². The smallest absolute Gasteiger partial charge is 0.234 e. The number of benzene rings is 1. The number of sulfonamides is 1. The Kier molecular flexibility index (Phi) is 5.94. The van der Waals surface area contributed by atoms with Crippen LogP contribution in [-0.2, 0) is 20.9 Å². The molecule has 0 fully saturated rings. The number of nitrogens with zero attached hydrogens (tertiary/aromatic N) is 2. The Labute approximate surface area is 125 Å². The summed E-state index contributed by atoms with van der Waals surface area (Å²) in [5, 5.41) is 0. The summed E-state index contributed by atoms with van der Waals surface area (Å²) >= 11 is 0. The first-order valence-electron chi connectivity index (χ1n) is 6.22. The van der Waals surface area contributed by atoms with Crippen LogP contribution in [0, 0.1) is 6.92 Å². The van der Waals surface area contributed by atoms with Crippen LogP contribution in [0.3, 0.4) is 0 Å². The molecule has 0 spiro atoms. The van der Waals surface area contributed by atoms with Crippen molar-refractivity contribution in [2.75, 3.05) is 13.1 Å². The van der Waals surface area contributed by atoms with Gasteiger partial charge in [-0.2, -0.15) is 21.6 Å². The first-order valence-corrected chi connectivity index (χ1v) is 8.80. The molecule has 1 unspecified atom stereocenters. The molecule has 0 saturated heterocycles. The quantitative estimate of drug-likeness (QED) is 0.825. The van der Waals surface area contributed by atoms with E-state index in [9.17, 15) is 21.6 Å². The van der Waals surface area contributed by atoms with E-state index in [-0.39, 0.29) is 18.0 Å². The van der Waals surface area contributed by atoms with Gasteiger partial charge in [-0.1, -0.05) is 31.5 Å². The normalized spacial score (nSPS) is 14.6. The molecular weight excluding hydrogens is 325 g/mol. The monoisotopic (exact) mass is 342 g/mol. The Bertz CT molecular complexity index is 606. The maximum Gasteiger partial charge on any atom is 0.467 e. The van der Waals surface area contributed by atoms with Crippen molar-refractivity contribution < 1.29 is 21.6 Å². The van der Waals surface area contributed by atoms with E-state index < -0.39 is 26.4 Å². The van der Waals surface area contributed by atoms with Crippen molar-refractivity contribution in [3.8, 4) is 0 Å². The van der Waals surface area contributed by atoms with Gasteiger partial charge in [-0.25, -0.2) is 4.31 Å². The predicted molar refractivity (Wildman–Crippen MR) is 77.1 cm³/mol. The van der Waals surface area contributed by atoms with Crippen molar-refractivity contribution in [2.24, 2.45) is 3.77 Å². The molecule has 0 heterocycles. The highest BCUT2D eigenvalue weighted by atomic mass is 32.3. The van der Waals surface area contributed by atoms with Crippen LogP contribution >= 0.6 is 0 Å². The fourth-order valence-corrected chi connectivity index (χ4v) is 4.62. The maximum atomic E-state index is 13.1. The molecule has 0 aliphatic rings. The topological polar surface area (TPSA) is 49.7 Å². The van der Waals surface area contributed by atoms with E-state index in [1.807, 2.05) is 0 Å². The molecule has 1 aromatic rings. The fraction of sp³-hybridized carbons (Fsp3) is 0.500. The molecule has 9 heteroatoms. The van der Waals surface area contributed by atoms with Crippen LogP contribution < -0.4 is 0 Å². The Morgan fingerprint density at radius 3 is 2.00 bits per heavy atom. The molecule has 0 saturated carbocycles. The molecule has 0 aromatic heterocycles. The summed E-state index contributed by atoms with van der Waals surface area (Å²) in [5.41, 5.74) is -3.91. The van der Waals surface area contributed by atoms with Crippen LogP contribution in [0.1, 0.15) is 19.4 Å². The minimum absolute atomic E-state index is 0.0615. The van der Waals surface area contributed by atoms with E-state index in [0.29, 0.717) is 0 Å². The zero-order chi connectivity index (χ0) is 16.3. The van der Waals surface area contributed by atoms with Gasteiger partial charge in [-0.3, -0.25) is 0 Å². The zero-order valence-corrected chi connectivity index (χ0v) is 13.5. The van der Waals surface area contributed by atoms with E-state index in [0.717, 1.165) is 9.87 Å². The second-order valence-electron chi connectivity index (χ2n) is 4.19. The van der Waals surface area contributed by atoms with E-state index in [1.54, 1.807) is 6.92 Å². The summed E-state index contributed by atoms with van der Waals surface area (Å²) in [4.78, 5) is -0.234. The van der Waals surface area contributed by atoms with Gasteiger partial charge in [0.1, 0.15) is 0 Å². The number of rotatable bonds is 5. The fourth-order valence-electron chi connectivity index (χ4n) is 1.55. The summed E-state index contributed by atoms with van der Waals surface area (Å²) in [6.07, 6.45) is 0. The van der Waals surface area contributed by atoms with Gasteiger partial charge in [0.25, 0.3) is 10.0 Å². The second kappa shape index (κ2) is 6.89. The Morgan fingerprint density at radius 1 is 1.14 bits per heavy atom. The van der Waals surface area contributed by atoms with Gasteiger partial charge in [0.2, 0.25) is 0 Å². The number of alkyl halides is 3. The standard InChI is InChI=1S/C12H17F3N2O2S2/c1-4-17(5-2)20(12(13,14)15)16-21(18,19)11-8-6-10(3)7-9-11/h6-9H,4-5H2,1-3H3. The molecule has 0 N–H and O–H groups in total. The van der Waals surface area contributed by atoms with Crippen molar-refractivity contribution in [1.82, 2.24) is 4.31 Å². The van der Waals surface area contributed by atoms with Crippen LogP contribution in [0.2, 0.25) is 0 Å². The number of hydrogen-bond acceptors (Lipinski definition) is 2. The summed E-state index contributed by atoms with van der Waals surface area (Å²) in [6, 6.07) is 5.56. The van der Waals surface area contributed by atoms with E-state index in [1.165, 1.54) is 38.1 Å². The lowest BCUT2D eigenvalue weighted by molar-refractivity contribution is -0.0393. The third-order valence-electron chi connectivity index (χ3n) is 2.64. The van der Waals surface area contributed by atoms with Gasteiger partial charge in [0.15, 0.2) is 0 Å². The molecule has 1 rings (SSSR count). The summed E-state index contributed by atoms with van der Waals surface area (Å²) < 4.78 is 67.4. The summed E-state index contributed by atoms with van der Waals surface area (Å²) in [7, 11) is -7.03. The first kappa shape index (κ1) is 18.1.